The Bertz CT molecular complexity index is 349. The van der Waals surface area contributed by atoms with Crippen LogP contribution in [0.2, 0.25) is 0 Å². The molecular formula is C11H19N3O. The van der Waals surface area contributed by atoms with Crippen LogP contribution in [-0.4, -0.2) is 16.9 Å². The van der Waals surface area contributed by atoms with Gasteiger partial charge in [0.25, 0.3) is 5.91 Å². The zero-order valence-corrected chi connectivity index (χ0v) is 9.72. The largest absolute Gasteiger partial charge is 0.397 e. The molecule has 1 amide bonds. The van der Waals surface area contributed by atoms with Crippen LogP contribution in [0.25, 0.3) is 0 Å². The van der Waals surface area contributed by atoms with E-state index < -0.39 is 0 Å². The molecule has 0 aliphatic carbocycles. The molecule has 1 unspecified atom stereocenters. The number of hydrogen-bond donors (Lipinski definition) is 3. The maximum Gasteiger partial charge on any atom is 0.267 e. The normalized spacial score (nSPS) is 13.6. The maximum atomic E-state index is 11.7. The Kier molecular flexibility index (Phi) is 3.07. The molecule has 1 heterocycles. The Hall–Kier alpha value is -1.45. The summed E-state index contributed by atoms with van der Waals surface area (Å²) in [5.74, 6) is -0.117. The minimum absolute atomic E-state index is 0.0494. The Balaban J connectivity index is 2.64. The first kappa shape index (κ1) is 11.6. The van der Waals surface area contributed by atoms with Gasteiger partial charge in [-0.3, -0.25) is 4.79 Å². The second-order valence-corrected chi connectivity index (χ2v) is 4.91. The molecule has 1 aromatic heterocycles. The Morgan fingerprint density at radius 2 is 2.13 bits per heavy atom. The molecule has 0 saturated heterocycles. The van der Waals surface area contributed by atoms with E-state index in [2.05, 4.69) is 31.1 Å². The second-order valence-electron chi connectivity index (χ2n) is 4.91. The minimum Gasteiger partial charge on any atom is -0.397 e. The summed E-state index contributed by atoms with van der Waals surface area (Å²) < 4.78 is 0. The fourth-order valence-corrected chi connectivity index (χ4v) is 1.03. The highest BCUT2D eigenvalue weighted by molar-refractivity contribution is 5.93. The summed E-state index contributed by atoms with van der Waals surface area (Å²) in [6.45, 7) is 8.24. The van der Waals surface area contributed by atoms with E-state index >= 15 is 0 Å². The average molecular weight is 209 g/mol. The van der Waals surface area contributed by atoms with Crippen molar-refractivity contribution in [3.05, 3.63) is 18.0 Å². The predicted molar refractivity (Wildman–Crippen MR) is 61.6 cm³/mol. The lowest BCUT2D eigenvalue weighted by Gasteiger charge is -2.27. The van der Waals surface area contributed by atoms with Crippen molar-refractivity contribution in [1.29, 1.82) is 0 Å². The Labute approximate surface area is 90.2 Å². The van der Waals surface area contributed by atoms with E-state index in [1.165, 1.54) is 0 Å². The number of nitrogens with two attached hydrogens (primary N) is 1. The molecule has 0 radical (unpaired) electrons. The van der Waals surface area contributed by atoms with Crippen LogP contribution in [0, 0.1) is 5.41 Å². The average Bonchev–Trinajstić information content (AvgIpc) is 2.50. The van der Waals surface area contributed by atoms with Gasteiger partial charge in [-0.25, -0.2) is 0 Å². The standard InChI is InChI=1S/C11H19N3O/c1-7(11(2,3)4)14-10(15)9-5-8(12)6-13-9/h5-7,13H,12H2,1-4H3,(H,14,15). The second kappa shape index (κ2) is 3.96. The molecule has 0 aliphatic heterocycles. The number of nitrogen functional groups attached to an aromatic ring is 1. The van der Waals surface area contributed by atoms with Crippen LogP contribution in [0.15, 0.2) is 12.3 Å². The van der Waals surface area contributed by atoms with E-state index in [1.54, 1.807) is 12.3 Å². The summed E-state index contributed by atoms with van der Waals surface area (Å²) in [7, 11) is 0. The van der Waals surface area contributed by atoms with Gasteiger partial charge in [-0.2, -0.15) is 0 Å². The van der Waals surface area contributed by atoms with Gasteiger partial charge >= 0.3 is 0 Å². The van der Waals surface area contributed by atoms with Gasteiger partial charge in [0.2, 0.25) is 0 Å². The Morgan fingerprint density at radius 1 is 1.53 bits per heavy atom. The highest BCUT2D eigenvalue weighted by atomic mass is 16.1. The molecule has 0 saturated carbocycles. The summed E-state index contributed by atoms with van der Waals surface area (Å²) >= 11 is 0. The fourth-order valence-electron chi connectivity index (χ4n) is 1.03. The molecule has 4 heteroatoms. The molecule has 4 nitrogen and oxygen atoms in total. The number of H-pyrrole nitrogens is 1. The molecule has 0 fully saturated rings. The van der Waals surface area contributed by atoms with Crippen molar-refractivity contribution in [2.45, 2.75) is 33.7 Å². The van der Waals surface area contributed by atoms with Crippen molar-refractivity contribution < 1.29 is 4.79 Å². The van der Waals surface area contributed by atoms with Gasteiger partial charge < -0.3 is 16.0 Å². The number of carbonyl (C=O) groups excluding carboxylic acids is 1. The summed E-state index contributed by atoms with van der Waals surface area (Å²) in [5.41, 5.74) is 6.65. The smallest absolute Gasteiger partial charge is 0.267 e. The predicted octanol–water partition coefficient (Wildman–Crippen LogP) is 1.76. The number of aromatic nitrogens is 1. The van der Waals surface area contributed by atoms with E-state index in [0.29, 0.717) is 11.4 Å². The quantitative estimate of drug-likeness (QED) is 0.694. The molecule has 0 aromatic carbocycles. The molecular weight excluding hydrogens is 190 g/mol. The molecule has 84 valence electrons. The fraction of sp³-hybridized carbons (Fsp3) is 0.545. The van der Waals surface area contributed by atoms with Crippen LogP contribution < -0.4 is 11.1 Å². The lowest BCUT2D eigenvalue weighted by Crippen LogP contribution is -2.41. The minimum atomic E-state index is -0.117. The van der Waals surface area contributed by atoms with Crippen molar-refractivity contribution in [3.63, 3.8) is 0 Å². The van der Waals surface area contributed by atoms with Crippen molar-refractivity contribution in [2.75, 3.05) is 5.73 Å². The third-order valence-corrected chi connectivity index (χ3v) is 2.60. The summed E-state index contributed by atoms with van der Waals surface area (Å²) in [6, 6.07) is 1.74. The maximum absolute atomic E-state index is 11.7. The first-order valence-electron chi connectivity index (χ1n) is 5.05. The molecule has 0 bridgehead atoms. The third kappa shape index (κ3) is 3.01. The molecule has 0 aliphatic rings. The summed E-state index contributed by atoms with van der Waals surface area (Å²) in [5, 5.41) is 2.92. The Morgan fingerprint density at radius 3 is 2.53 bits per heavy atom. The summed E-state index contributed by atoms with van der Waals surface area (Å²) in [4.78, 5) is 14.5. The highest BCUT2D eigenvalue weighted by Gasteiger charge is 2.22. The van der Waals surface area contributed by atoms with Gasteiger partial charge in [-0.1, -0.05) is 20.8 Å². The SMILES string of the molecule is CC(NC(=O)c1cc(N)c[nH]1)C(C)(C)C. The number of amides is 1. The van der Waals surface area contributed by atoms with Crippen molar-refractivity contribution in [1.82, 2.24) is 10.3 Å². The zero-order chi connectivity index (χ0) is 11.6. The van der Waals surface area contributed by atoms with Gasteiger partial charge in [0.15, 0.2) is 0 Å². The topological polar surface area (TPSA) is 70.9 Å². The molecule has 1 rings (SSSR count). The van der Waals surface area contributed by atoms with Crippen LogP contribution in [0.3, 0.4) is 0 Å². The van der Waals surface area contributed by atoms with Gasteiger partial charge in [0.05, 0.1) is 0 Å². The first-order chi connectivity index (χ1) is 6.80. The number of anilines is 1. The molecule has 4 N–H and O–H groups in total. The van der Waals surface area contributed by atoms with Crippen molar-refractivity contribution in [2.24, 2.45) is 5.41 Å². The monoisotopic (exact) mass is 209 g/mol. The van der Waals surface area contributed by atoms with Crippen LogP contribution in [0.1, 0.15) is 38.2 Å². The lowest BCUT2D eigenvalue weighted by atomic mass is 9.88. The van der Waals surface area contributed by atoms with E-state index in [4.69, 9.17) is 5.73 Å². The number of rotatable bonds is 2. The summed E-state index contributed by atoms with van der Waals surface area (Å²) in [6.07, 6.45) is 1.61. The first-order valence-corrected chi connectivity index (χ1v) is 5.05. The number of nitrogens with one attached hydrogen (secondary N) is 2. The number of aromatic amines is 1. The van der Waals surface area contributed by atoms with Gasteiger partial charge in [0, 0.05) is 17.9 Å². The lowest BCUT2D eigenvalue weighted by molar-refractivity contribution is 0.0905. The zero-order valence-electron chi connectivity index (χ0n) is 9.72. The molecule has 15 heavy (non-hydrogen) atoms. The van der Waals surface area contributed by atoms with E-state index in [0.717, 1.165) is 0 Å². The van der Waals surface area contributed by atoms with Gasteiger partial charge in [0.1, 0.15) is 5.69 Å². The van der Waals surface area contributed by atoms with Crippen LogP contribution in [0.4, 0.5) is 5.69 Å². The van der Waals surface area contributed by atoms with Crippen LogP contribution in [0.5, 0.6) is 0 Å². The number of hydrogen-bond acceptors (Lipinski definition) is 2. The third-order valence-electron chi connectivity index (χ3n) is 2.60. The van der Waals surface area contributed by atoms with E-state index in [-0.39, 0.29) is 17.4 Å². The van der Waals surface area contributed by atoms with Crippen molar-refractivity contribution >= 4 is 11.6 Å². The molecule has 1 aromatic rings. The van der Waals surface area contributed by atoms with Gasteiger partial charge in [-0.15, -0.1) is 0 Å². The number of carbonyl (C=O) groups is 1. The van der Waals surface area contributed by atoms with E-state index in [9.17, 15) is 4.79 Å². The molecule has 0 spiro atoms. The highest BCUT2D eigenvalue weighted by Crippen LogP contribution is 2.18. The van der Waals surface area contributed by atoms with Gasteiger partial charge in [-0.05, 0) is 18.4 Å². The molecule has 1 atom stereocenters. The van der Waals surface area contributed by atoms with E-state index in [1.807, 2.05) is 6.92 Å². The van der Waals surface area contributed by atoms with Crippen LogP contribution >= 0.6 is 0 Å². The van der Waals surface area contributed by atoms with Crippen molar-refractivity contribution in [3.8, 4) is 0 Å². The van der Waals surface area contributed by atoms with Crippen LogP contribution in [-0.2, 0) is 0 Å².